The Morgan fingerprint density at radius 3 is 1.67 bits per heavy atom. The molecule has 6 rings (SSSR count). The predicted molar refractivity (Wildman–Crippen MR) is 205 cm³/mol. The van der Waals surface area contributed by atoms with Gasteiger partial charge < -0.3 is 50.1 Å². The largest absolute Gasteiger partial charge is 0.491 e. The fourth-order valence-corrected chi connectivity index (χ4v) is 5.63. The number of fused-ring (bicyclic) bond motifs is 6. The van der Waals surface area contributed by atoms with Gasteiger partial charge in [0.05, 0.1) is 34.3 Å². The first-order chi connectivity index (χ1) is 26.6. The number of rotatable bonds is 4. The van der Waals surface area contributed by atoms with Gasteiger partial charge in [0, 0.05) is 52.7 Å². The Hall–Kier alpha value is -6.28. The molecule has 0 saturated heterocycles. The SMILES string of the molecule is C#CC(C)(O)C(=O)N(C)C.CN(C)C(=O)C(C)(O)C#Cc1cc2c(cc1F)OCCn1cc(C(N)=O)nc1-2.NC(=O)c1cn2c(n1)-c1cc(Br)c(F)cc1OCC2. The van der Waals surface area contributed by atoms with Crippen LogP contribution in [0.15, 0.2) is 41.1 Å². The number of imidazole rings is 2. The second kappa shape index (κ2) is 17.2. The highest BCUT2D eigenvalue weighted by atomic mass is 79.9. The number of likely N-dealkylation sites (N-methyl/N-ethyl adjacent to an activating group) is 2. The third-order valence-electron chi connectivity index (χ3n) is 8.18. The van der Waals surface area contributed by atoms with E-state index in [2.05, 4.69) is 37.7 Å². The molecule has 0 aliphatic carbocycles. The summed E-state index contributed by atoms with van der Waals surface area (Å²) < 4.78 is 42.8. The molecule has 0 fully saturated rings. The molecule has 19 heteroatoms. The van der Waals surface area contributed by atoms with Crippen LogP contribution in [0, 0.1) is 35.8 Å². The maximum atomic E-state index is 14.5. The number of terminal acetylenes is 1. The molecule has 0 saturated carbocycles. The maximum absolute atomic E-state index is 14.5. The van der Waals surface area contributed by atoms with Crippen LogP contribution < -0.4 is 20.9 Å². The van der Waals surface area contributed by atoms with E-state index in [1.807, 2.05) is 5.92 Å². The topological polar surface area (TPSA) is 221 Å². The van der Waals surface area contributed by atoms with Crippen molar-refractivity contribution in [3.63, 3.8) is 0 Å². The summed E-state index contributed by atoms with van der Waals surface area (Å²) in [6, 6.07) is 5.45. The van der Waals surface area contributed by atoms with Crippen molar-refractivity contribution in [3.05, 3.63) is 69.7 Å². The Labute approximate surface area is 334 Å². The molecule has 16 nitrogen and oxygen atoms in total. The summed E-state index contributed by atoms with van der Waals surface area (Å²) in [6.07, 6.45) is 7.98. The summed E-state index contributed by atoms with van der Waals surface area (Å²) >= 11 is 3.13. The molecule has 2 atom stereocenters. The van der Waals surface area contributed by atoms with Crippen molar-refractivity contribution < 1.29 is 47.6 Å². The molecule has 2 aliphatic heterocycles. The average molecular weight is 854 g/mol. The van der Waals surface area contributed by atoms with Crippen molar-refractivity contribution in [2.45, 2.75) is 38.1 Å². The van der Waals surface area contributed by atoms with E-state index < -0.39 is 46.5 Å². The van der Waals surface area contributed by atoms with Crippen LogP contribution in [0.4, 0.5) is 8.78 Å². The summed E-state index contributed by atoms with van der Waals surface area (Å²) in [5.74, 6) is 5.03. The molecule has 4 amide bonds. The Kier molecular flexibility index (Phi) is 13.1. The Morgan fingerprint density at radius 2 is 1.25 bits per heavy atom. The van der Waals surface area contributed by atoms with Crippen LogP contribution in [-0.2, 0) is 22.7 Å². The minimum absolute atomic E-state index is 0.0498. The first kappa shape index (κ1) is 43.4. The molecule has 0 spiro atoms. The zero-order valence-electron chi connectivity index (χ0n) is 31.7. The number of nitrogens with two attached hydrogens (primary N) is 2. The number of amides is 4. The molecule has 2 aromatic heterocycles. The lowest BCUT2D eigenvalue weighted by Gasteiger charge is -2.20. The smallest absolute Gasteiger partial charge is 0.268 e. The summed E-state index contributed by atoms with van der Waals surface area (Å²) in [6.45, 7) is 4.07. The van der Waals surface area contributed by atoms with Crippen LogP contribution in [0.25, 0.3) is 22.8 Å². The molecule has 4 aromatic rings. The van der Waals surface area contributed by atoms with E-state index in [-0.39, 0.29) is 29.3 Å². The van der Waals surface area contributed by atoms with Crippen LogP contribution in [0.1, 0.15) is 40.4 Å². The Bertz CT molecular complexity index is 2350. The first-order valence-corrected chi connectivity index (χ1v) is 17.6. The van der Waals surface area contributed by atoms with Gasteiger partial charge in [-0.2, -0.15) is 0 Å². The molecular formula is C38H39BrF2N8O8. The molecule has 2 aromatic carbocycles. The Morgan fingerprint density at radius 1 is 0.807 bits per heavy atom. The van der Waals surface area contributed by atoms with Gasteiger partial charge in [-0.25, -0.2) is 18.7 Å². The number of hydrogen-bond donors (Lipinski definition) is 4. The molecule has 0 bridgehead atoms. The van der Waals surface area contributed by atoms with E-state index in [9.17, 15) is 33.1 Å². The van der Waals surface area contributed by atoms with E-state index in [4.69, 9.17) is 32.5 Å². The van der Waals surface area contributed by atoms with E-state index in [1.165, 1.54) is 70.2 Å². The van der Waals surface area contributed by atoms with E-state index in [1.54, 1.807) is 21.4 Å². The molecule has 2 unspecified atom stereocenters. The summed E-state index contributed by atoms with van der Waals surface area (Å²) in [5.41, 5.74) is 8.15. The van der Waals surface area contributed by atoms with E-state index in [0.717, 1.165) is 6.07 Å². The molecule has 0 radical (unpaired) electrons. The van der Waals surface area contributed by atoms with Gasteiger partial charge >= 0.3 is 0 Å². The number of carbonyl (C=O) groups excluding carboxylic acids is 4. The molecule has 4 heterocycles. The zero-order chi connectivity index (χ0) is 42.6. The lowest BCUT2D eigenvalue weighted by Crippen LogP contribution is -2.42. The molecular weight excluding hydrogens is 814 g/mol. The minimum atomic E-state index is -1.98. The average Bonchev–Trinajstić information content (AvgIpc) is 3.69. The number of halogens is 3. The van der Waals surface area contributed by atoms with Crippen molar-refractivity contribution >= 4 is 39.6 Å². The number of ether oxygens (including phenoxy) is 2. The molecule has 300 valence electrons. The highest BCUT2D eigenvalue weighted by Gasteiger charge is 2.30. The van der Waals surface area contributed by atoms with Gasteiger partial charge in [0.25, 0.3) is 23.6 Å². The second-order valence-electron chi connectivity index (χ2n) is 13.2. The van der Waals surface area contributed by atoms with Crippen LogP contribution in [0.2, 0.25) is 0 Å². The van der Waals surface area contributed by atoms with E-state index in [0.29, 0.717) is 52.7 Å². The second-order valence-corrected chi connectivity index (χ2v) is 14.1. The predicted octanol–water partition coefficient (Wildman–Crippen LogP) is 1.77. The molecule has 57 heavy (non-hydrogen) atoms. The Balaban J connectivity index is 0.000000213. The first-order valence-electron chi connectivity index (χ1n) is 16.8. The lowest BCUT2D eigenvalue weighted by molar-refractivity contribution is -0.142. The van der Waals surface area contributed by atoms with Gasteiger partial charge in [0.15, 0.2) is 0 Å². The number of carbonyl (C=O) groups is 4. The fourth-order valence-electron chi connectivity index (χ4n) is 5.29. The number of aromatic nitrogens is 4. The molecule has 6 N–H and O–H groups in total. The van der Waals surface area contributed by atoms with Crippen molar-refractivity contribution in [1.82, 2.24) is 28.9 Å². The van der Waals surface area contributed by atoms with Crippen LogP contribution in [-0.4, -0.2) is 115 Å². The number of aliphatic hydroxyl groups is 2. The third-order valence-corrected chi connectivity index (χ3v) is 8.79. The summed E-state index contributed by atoms with van der Waals surface area (Å²) in [5, 5.41) is 19.4. The van der Waals surface area contributed by atoms with Crippen molar-refractivity contribution in [2.24, 2.45) is 11.5 Å². The standard InChI is InChI=1S/C19H19FN4O4.C12H9BrFN3O2.C7H11NO2/c1-19(27,18(26)23(2)3)5-4-11-8-12-15(9-13(11)20)28-7-6-24-10-14(16(21)25)22-17(12)24;13-7-3-6-10(4-8(7)14)19-2-1-17-5-9(11(15)18)16-12(6)17;1-5-7(2,10)6(9)8(3)4/h8-10,27H,6-7H2,1-3H3,(H2,21,25);3-5H,1-2H2,(H2,15,18);1,10H,2-4H3. The normalized spacial score (nSPS) is 14.1. The lowest BCUT2D eigenvalue weighted by atomic mass is 10.0. The quantitative estimate of drug-likeness (QED) is 0.218. The van der Waals surface area contributed by atoms with Gasteiger partial charge in [-0.1, -0.05) is 17.8 Å². The number of hydrogen-bond acceptors (Lipinski definition) is 10. The van der Waals surface area contributed by atoms with Crippen molar-refractivity contribution in [2.75, 3.05) is 41.4 Å². The van der Waals surface area contributed by atoms with Crippen LogP contribution in [0.5, 0.6) is 11.5 Å². The van der Waals surface area contributed by atoms with Gasteiger partial charge in [0.2, 0.25) is 11.2 Å². The van der Waals surface area contributed by atoms with E-state index >= 15 is 0 Å². The highest BCUT2D eigenvalue weighted by molar-refractivity contribution is 9.10. The maximum Gasteiger partial charge on any atom is 0.268 e. The van der Waals surface area contributed by atoms with Gasteiger partial charge in [-0.3, -0.25) is 19.2 Å². The fraction of sp³-hybridized carbons (Fsp3) is 0.316. The zero-order valence-corrected chi connectivity index (χ0v) is 33.3. The summed E-state index contributed by atoms with van der Waals surface area (Å²) in [4.78, 5) is 56.4. The number of nitrogens with zero attached hydrogens (tertiary/aromatic N) is 6. The van der Waals surface area contributed by atoms with Gasteiger partial charge in [0.1, 0.15) is 59.4 Å². The van der Waals surface area contributed by atoms with Crippen molar-refractivity contribution in [3.8, 4) is 58.5 Å². The number of primary amides is 2. The summed E-state index contributed by atoms with van der Waals surface area (Å²) in [7, 11) is 6.03. The van der Waals surface area contributed by atoms with Crippen LogP contribution in [0.3, 0.4) is 0 Å². The van der Waals surface area contributed by atoms with Gasteiger partial charge in [-0.15, -0.1) is 6.42 Å². The van der Waals surface area contributed by atoms with Gasteiger partial charge in [-0.05, 0) is 41.9 Å². The van der Waals surface area contributed by atoms with Crippen molar-refractivity contribution in [1.29, 1.82) is 0 Å². The molecule has 2 aliphatic rings. The van der Waals surface area contributed by atoms with Crippen LogP contribution >= 0.6 is 15.9 Å². The minimum Gasteiger partial charge on any atom is -0.491 e. The monoisotopic (exact) mass is 852 g/mol. The number of benzene rings is 2. The third kappa shape index (κ3) is 9.94. The highest BCUT2D eigenvalue weighted by Crippen LogP contribution is 2.36.